The van der Waals surface area contributed by atoms with Gasteiger partial charge in [-0.1, -0.05) is 43.1 Å². The van der Waals surface area contributed by atoms with Crippen molar-refractivity contribution in [1.82, 2.24) is 0 Å². The summed E-state index contributed by atoms with van der Waals surface area (Å²) < 4.78 is 0. The van der Waals surface area contributed by atoms with Crippen LogP contribution in [0.15, 0.2) is 54.2 Å². The van der Waals surface area contributed by atoms with Crippen LogP contribution in [0.5, 0.6) is 0 Å². The van der Waals surface area contributed by atoms with E-state index >= 15 is 0 Å². The van der Waals surface area contributed by atoms with E-state index in [-0.39, 0.29) is 5.57 Å². The highest BCUT2D eigenvalue weighted by Gasteiger charge is 2.09. The summed E-state index contributed by atoms with van der Waals surface area (Å²) >= 11 is 5.98. The first-order valence-electron chi connectivity index (χ1n) is 8.56. The van der Waals surface area contributed by atoms with E-state index in [4.69, 9.17) is 11.6 Å². The largest absolute Gasteiger partial charge is 0.360 e. The van der Waals surface area contributed by atoms with Crippen LogP contribution >= 0.6 is 11.6 Å². The maximum absolute atomic E-state index is 12.3. The van der Waals surface area contributed by atoms with Crippen LogP contribution < -0.4 is 10.6 Å². The van der Waals surface area contributed by atoms with Crippen molar-refractivity contribution in [3.63, 3.8) is 0 Å². The predicted octanol–water partition coefficient (Wildman–Crippen LogP) is 5.45. The molecule has 0 saturated heterocycles. The molecule has 0 radical (unpaired) electrons. The number of anilines is 2. The van der Waals surface area contributed by atoms with E-state index in [0.29, 0.717) is 10.7 Å². The number of nitrogens with zero attached hydrogens (tertiary/aromatic N) is 1. The van der Waals surface area contributed by atoms with Gasteiger partial charge in [-0.05, 0) is 55.2 Å². The zero-order chi connectivity index (χ0) is 18.9. The average molecular weight is 368 g/mol. The smallest absolute Gasteiger partial charge is 0.267 e. The highest BCUT2D eigenvalue weighted by molar-refractivity contribution is 6.30. The van der Waals surface area contributed by atoms with Crippen molar-refractivity contribution >= 4 is 28.9 Å². The fourth-order valence-electron chi connectivity index (χ4n) is 2.38. The van der Waals surface area contributed by atoms with E-state index in [1.165, 1.54) is 11.8 Å². The Bertz CT molecular complexity index is 835. The number of hydrogen-bond donors (Lipinski definition) is 2. The molecule has 26 heavy (non-hydrogen) atoms. The van der Waals surface area contributed by atoms with Gasteiger partial charge in [-0.15, -0.1) is 0 Å². The summed E-state index contributed by atoms with van der Waals surface area (Å²) in [6, 6.07) is 15.0. The van der Waals surface area contributed by atoms with Gasteiger partial charge in [-0.2, -0.15) is 5.26 Å². The third-order valence-electron chi connectivity index (χ3n) is 3.97. The SMILES string of the molecule is CCCCc1ccc(NC(=O)/C(C#N)=C\Nc2cc(Cl)ccc2C)cc1. The Morgan fingerprint density at radius 1 is 1.23 bits per heavy atom. The molecule has 1 amide bonds. The number of carbonyl (C=O) groups excluding carboxylic acids is 1. The molecule has 0 fully saturated rings. The van der Waals surface area contributed by atoms with Gasteiger partial charge >= 0.3 is 0 Å². The Labute approximate surface area is 159 Å². The number of rotatable bonds is 7. The molecule has 134 valence electrons. The summed E-state index contributed by atoms with van der Waals surface area (Å²) in [5.41, 5.74) is 3.60. The van der Waals surface area contributed by atoms with Gasteiger partial charge in [0, 0.05) is 22.6 Å². The van der Waals surface area contributed by atoms with Gasteiger partial charge in [0.15, 0.2) is 0 Å². The summed E-state index contributed by atoms with van der Waals surface area (Å²) in [5, 5.41) is 15.6. The molecule has 0 heterocycles. The lowest BCUT2D eigenvalue weighted by molar-refractivity contribution is -0.112. The molecular formula is C21H22ClN3O. The predicted molar refractivity (Wildman–Crippen MR) is 107 cm³/mol. The maximum atomic E-state index is 12.3. The zero-order valence-corrected chi connectivity index (χ0v) is 15.7. The molecule has 2 rings (SSSR count). The molecule has 0 aromatic heterocycles. The number of amides is 1. The molecule has 5 heteroatoms. The Hall–Kier alpha value is -2.77. The van der Waals surface area contributed by atoms with E-state index in [1.807, 2.05) is 43.3 Å². The molecule has 0 aliphatic carbocycles. The average Bonchev–Trinajstić information content (AvgIpc) is 2.64. The number of carbonyl (C=O) groups is 1. The molecule has 0 bridgehead atoms. The number of halogens is 1. The fraction of sp³-hybridized carbons (Fsp3) is 0.238. The summed E-state index contributed by atoms with van der Waals surface area (Å²) in [4.78, 5) is 12.3. The maximum Gasteiger partial charge on any atom is 0.267 e. The van der Waals surface area contributed by atoms with Gasteiger partial charge in [0.25, 0.3) is 5.91 Å². The minimum Gasteiger partial charge on any atom is -0.360 e. The molecular weight excluding hydrogens is 346 g/mol. The van der Waals surface area contributed by atoms with Crippen LogP contribution in [-0.2, 0) is 11.2 Å². The Morgan fingerprint density at radius 3 is 2.62 bits per heavy atom. The van der Waals surface area contributed by atoms with Crippen LogP contribution in [-0.4, -0.2) is 5.91 Å². The second kappa shape index (κ2) is 9.65. The molecule has 0 aliphatic heterocycles. The van der Waals surface area contributed by atoms with Crippen molar-refractivity contribution in [2.75, 3.05) is 10.6 Å². The molecule has 2 aromatic carbocycles. The number of nitrogens with one attached hydrogen (secondary N) is 2. The van der Waals surface area contributed by atoms with E-state index in [1.54, 1.807) is 12.1 Å². The second-order valence-corrected chi connectivity index (χ2v) is 6.46. The van der Waals surface area contributed by atoms with Gasteiger partial charge < -0.3 is 10.6 Å². The first-order valence-corrected chi connectivity index (χ1v) is 8.94. The first kappa shape index (κ1) is 19.6. The van der Waals surface area contributed by atoms with Gasteiger partial charge in [0.1, 0.15) is 11.6 Å². The Balaban J connectivity index is 2.04. The highest BCUT2D eigenvalue weighted by atomic mass is 35.5. The van der Waals surface area contributed by atoms with Crippen LogP contribution in [0, 0.1) is 18.3 Å². The fourth-order valence-corrected chi connectivity index (χ4v) is 2.55. The first-order chi connectivity index (χ1) is 12.5. The molecule has 0 unspecified atom stereocenters. The minimum atomic E-state index is -0.457. The summed E-state index contributed by atoms with van der Waals surface area (Å²) in [6.07, 6.45) is 4.70. The molecule has 2 aromatic rings. The lowest BCUT2D eigenvalue weighted by Gasteiger charge is -2.08. The van der Waals surface area contributed by atoms with Crippen molar-refractivity contribution in [2.45, 2.75) is 33.1 Å². The Morgan fingerprint density at radius 2 is 1.96 bits per heavy atom. The van der Waals surface area contributed by atoms with Crippen LogP contribution in [0.4, 0.5) is 11.4 Å². The molecule has 0 aliphatic rings. The quantitative estimate of drug-likeness (QED) is 0.505. The lowest BCUT2D eigenvalue weighted by Crippen LogP contribution is -2.14. The monoisotopic (exact) mass is 367 g/mol. The van der Waals surface area contributed by atoms with Crippen molar-refractivity contribution in [2.24, 2.45) is 0 Å². The Kier molecular flexibility index (Phi) is 7.25. The minimum absolute atomic E-state index is 0.0144. The van der Waals surface area contributed by atoms with Crippen LogP contribution in [0.2, 0.25) is 5.02 Å². The molecule has 0 spiro atoms. The second-order valence-electron chi connectivity index (χ2n) is 6.03. The topological polar surface area (TPSA) is 64.9 Å². The normalized spacial score (nSPS) is 10.9. The van der Waals surface area contributed by atoms with Gasteiger partial charge in [0.2, 0.25) is 0 Å². The van der Waals surface area contributed by atoms with Crippen molar-refractivity contribution < 1.29 is 4.79 Å². The van der Waals surface area contributed by atoms with Crippen molar-refractivity contribution in [3.8, 4) is 6.07 Å². The number of unbranched alkanes of at least 4 members (excludes halogenated alkanes) is 1. The third kappa shape index (κ3) is 5.65. The van der Waals surface area contributed by atoms with Crippen molar-refractivity contribution in [3.05, 3.63) is 70.4 Å². The van der Waals surface area contributed by atoms with Crippen LogP contribution in [0.3, 0.4) is 0 Å². The molecule has 4 nitrogen and oxygen atoms in total. The highest BCUT2D eigenvalue weighted by Crippen LogP contribution is 2.20. The molecule has 0 saturated carbocycles. The van der Waals surface area contributed by atoms with E-state index in [0.717, 1.165) is 30.5 Å². The lowest BCUT2D eigenvalue weighted by atomic mass is 10.1. The number of nitriles is 1. The third-order valence-corrected chi connectivity index (χ3v) is 4.20. The molecule has 2 N–H and O–H groups in total. The number of hydrogen-bond acceptors (Lipinski definition) is 3. The standard InChI is InChI=1S/C21H22ClN3O/c1-3-4-5-16-7-10-19(11-8-16)25-21(26)17(13-23)14-24-20-12-18(22)9-6-15(20)2/h6-12,14,24H,3-5H2,1-2H3,(H,25,26)/b17-14-. The number of aryl methyl sites for hydroxylation is 2. The van der Waals surface area contributed by atoms with Gasteiger partial charge in [0.05, 0.1) is 0 Å². The summed E-state index contributed by atoms with van der Waals surface area (Å²) in [7, 11) is 0. The van der Waals surface area contributed by atoms with E-state index < -0.39 is 5.91 Å². The van der Waals surface area contributed by atoms with Gasteiger partial charge in [-0.25, -0.2) is 0 Å². The number of benzene rings is 2. The van der Waals surface area contributed by atoms with Gasteiger partial charge in [-0.3, -0.25) is 4.79 Å². The van der Waals surface area contributed by atoms with E-state index in [2.05, 4.69) is 17.6 Å². The summed E-state index contributed by atoms with van der Waals surface area (Å²) in [5.74, 6) is -0.457. The van der Waals surface area contributed by atoms with Crippen molar-refractivity contribution in [1.29, 1.82) is 5.26 Å². The van der Waals surface area contributed by atoms with E-state index in [9.17, 15) is 10.1 Å². The molecule has 0 atom stereocenters. The van der Waals surface area contributed by atoms with Crippen LogP contribution in [0.25, 0.3) is 0 Å². The van der Waals surface area contributed by atoms with Crippen LogP contribution in [0.1, 0.15) is 30.9 Å². The zero-order valence-electron chi connectivity index (χ0n) is 15.0. The summed E-state index contributed by atoms with van der Waals surface area (Å²) in [6.45, 7) is 4.07.